The zero-order valence-electron chi connectivity index (χ0n) is 10.9. The minimum atomic E-state index is -0.287. The van der Waals surface area contributed by atoms with Gasteiger partial charge in [0.25, 0.3) is 0 Å². The molecule has 0 bridgehead atoms. The Morgan fingerprint density at radius 1 is 1.15 bits per heavy atom. The molecule has 0 unspecified atom stereocenters. The van der Waals surface area contributed by atoms with Crippen LogP contribution in [0.25, 0.3) is 22.4 Å². The normalized spacial score (nSPS) is 14.1. The summed E-state index contributed by atoms with van der Waals surface area (Å²) < 4.78 is 13.7. The zero-order chi connectivity index (χ0) is 13.5. The van der Waals surface area contributed by atoms with E-state index in [-0.39, 0.29) is 5.82 Å². The van der Waals surface area contributed by atoms with Crippen LogP contribution in [0.15, 0.2) is 36.4 Å². The number of nitrogens with one attached hydrogen (secondary N) is 2. The number of hydrogen-bond donors (Lipinski definition) is 2. The van der Waals surface area contributed by atoms with Crippen molar-refractivity contribution in [3.63, 3.8) is 0 Å². The Balaban J connectivity index is 1.84. The SMILES string of the molecule is Fc1cccc2[nH]c(-c3ccc4c(c3)CCCN4)nc12. The molecule has 0 fully saturated rings. The van der Waals surface area contributed by atoms with Crippen LogP contribution in [0.4, 0.5) is 10.1 Å². The number of anilines is 1. The lowest BCUT2D eigenvalue weighted by Gasteiger charge is -2.18. The number of aromatic amines is 1. The van der Waals surface area contributed by atoms with Crippen LogP contribution in [-0.4, -0.2) is 16.5 Å². The van der Waals surface area contributed by atoms with Gasteiger partial charge in [-0.3, -0.25) is 0 Å². The van der Waals surface area contributed by atoms with Gasteiger partial charge in [0.1, 0.15) is 11.3 Å². The van der Waals surface area contributed by atoms with Crippen molar-refractivity contribution in [2.24, 2.45) is 0 Å². The van der Waals surface area contributed by atoms with Gasteiger partial charge >= 0.3 is 0 Å². The molecule has 1 aliphatic heterocycles. The second-order valence-corrected chi connectivity index (χ2v) is 5.12. The number of fused-ring (bicyclic) bond motifs is 2. The highest BCUT2D eigenvalue weighted by Crippen LogP contribution is 2.28. The number of H-pyrrole nitrogens is 1. The van der Waals surface area contributed by atoms with E-state index in [1.54, 1.807) is 6.07 Å². The smallest absolute Gasteiger partial charge is 0.151 e. The predicted octanol–water partition coefficient (Wildman–Crippen LogP) is 3.73. The molecule has 2 N–H and O–H groups in total. The van der Waals surface area contributed by atoms with Gasteiger partial charge in [-0.25, -0.2) is 9.37 Å². The van der Waals surface area contributed by atoms with Crippen LogP contribution < -0.4 is 5.32 Å². The Morgan fingerprint density at radius 3 is 3.00 bits per heavy atom. The van der Waals surface area contributed by atoms with Crippen molar-refractivity contribution in [1.82, 2.24) is 9.97 Å². The Kier molecular flexibility index (Phi) is 2.49. The van der Waals surface area contributed by atoms with E-state index in [9.17, 15) is 4.39 Å². The molecule has 0 atom stereocenters. The maximum atomic E-state index is 13.7. The van der Waals surface area contributed by atoms with Crippen LogP contribution >= 0.6 is 0 Å². The second kappa shape index (κ2) is 4.34. The van der Waals surface area contributed by atoms with E-state index in [1.165, 1.54) is 17.3 Å². The van der Waals surface area contributed by atoms with Crippen molar-refractivity contribution in [2.45, 2.75) is 12.8 Å². The Hall–Kier alpha value is -2.36. The summed E-state index contributed by atoms with van der Waals surface area (Å²) in [5.74, 6) is 0.433. The number of aromatic nitrogens is 2. The summed E-state index contributed by atoms with van der Waals surface area (Å²) in [5.41, 5.74) is 4.63. The quantitative estimate of drug-likeness (QED) is 0.705. The number of aryl methyl sites for hydroxylation is 1. The van der Waals surface area contributed by atoms with Crippen LogP contribution in [0.2, 0.25) is 0 Å². The standard InChI is InChI=1S/C16H14FN3/c17-12-4-1-5-14-15(12)20-16(19-14)11-6-7-13-10(9-11)3-2-8-18-13/h1,4-7,9,18H,2-3,8H2,(H,19,20). The summed E-state index contributed by atoms with van der Waals surface area (Å²) in [7, 11) is 0. The van der Waals surface area contributed by atoms with Gasteiger partial charge < -0.3 is 10.3 Å². The average molecular weight is 267 g/mol. The zero-order valence-corrected chi connectivity index (χ0v) is 10.9. The molecule has 0 spiro atoms. The molecular weight excluding hydrogens is 253 g/mol. The van der Waals surface area contributed by atoms with Gasteiger partial charge in [-0.15, -0.1) is 0 Å². The van der Waals surface area contributed by atoms with Gasteiger partial charge in [-0.05, 0) is 48.7 Å². The van der Waals surface area contributed by atoms with E-state index in [0.717, 1.165) is 36.3 Å². The van der Waals surface area contributed by atoms with Gasteiger partial charge in [-0.1, -0.05) is 6.07 Å². The number of benzene rings is 2. The molecule has 0 amide bonds. The monoisotopic (exact) mass is 267 g/mol. The highest BCUT2D eigenvalue weighted by atomic mass is 19.1. The van der Waals surface area contributed by atoms with Gasteiger partial charge in [0.05, 0.1) is 5.52 Å². The highest BCUT2D eigenvalue weighted by Gasteiger charge is 2.12. The van der Waals surface area contributed by atoms with Crippen LogP contribution in [0.3, 0.4) is 0 Å². The number of rotatable bonds is 1. The molecule has 0 saturated carbocycles. The molecule has 100 valence electrons. The molecule has 4 heteroatoms. The Labute approximate surface area is 115 Å². The third-order valence-electron chi connectivity index (χ3n) is 3.78. The van der Waals surface area contributed by atoms with E-state index in [1.807, 2.05) is 12.1 Å². The molecule has 20 heavy (non-hydrogen) atoms. The first-order chi connectivity index (χ1) is 9.81. The topological polar surface area (TPSA) is 40.7 Å². The first kappa shape index (κ1) is 11.5. The molecule has 1 aromatic heterocycles. The second-order valence-electron chi connectivity index (χ2n) is 5.12. The first-order valence-corrected chi connectivity index (χ1v) is 6.83. The van der Waals surface area contributed by atoms with Crippen molar-refractivity contribution in [3.8, 4) is 11.4 Å². The van der Waals surface area contributed by atoms with Crippen LogP contribution in [0, 0.1) is 5.82 Å². The van der Waals surface area contributed by atoms with Crippen molar-refractivity contribution in [2.75, 3.05) is 11.9 Å². The molecule has 0 aliphatic carbocycles. The summed E-state index contributed by atoms with van der Waals surface area (Å²) in [4.78, 5) is 7.57. The molecule has 2 heterocycles. The van der Waals surface area contributed by atoms with Gasteiger partial charge in [0.15, 0.2) is 5.82 Å². The highest BCUT2D eigenvalue weighted by molar-refractivity contribution is 5.80. The Morgan fingerprint density at radius 2 is 2.10 bits per heavy atom. The maximum absolute atomic E-state index is 13.7. The summed E-state index contributed by atoms with van der Waals surface area (Å²) in [5, 5.41) is 3.39. The van der Waals surface area contributed by atoms with Crippen molar-refractivity contribution < 1.29 is 4.39 Å². The number of para-hydroxylation sites is 1. The van der Waals surface area contributed by atoms with E-state index in [4.69, 9.17) is 0 Å². The van der Waals surface area contributed by atoms with Gasteiger partial charge in [0.2, 0.25) is 0 Å². The number of halogens is 1. The van der Waals surface area contributed by atoms with Crippen LogP contribution in [0.5, 0.6) is 0 Å². The fraction of sp³-hybridized carbons (Fsp3) is 0.188. The molecule has 4 rings (SSSR count). The molecule has 0 saturated heterocycles. The van der Waals surface area contributed by atoms with Crippen molar-refractivity contribution in [1.29, 1.82) is 0 Å². The molecule has 3 aromatic rings. The minimum absolute atomic E-state index is 0.287. The third-order valence-corrected chi connectivity index (χ3v) is 3.78. The predicted molar refractivity (Wildman–Crippen MR) is 78.3 cm³/mol. The lowest BCUT2D eigenvalue weighted by molar-refractivity contribution is 0.637. The lowest BCUT2D eigenvalue weighted by atomic mass is 10.0. The number of nitrogens with zero attached hydrogens (tertiary/aromatic N) is 1. The van der Waals surface area contributed by atoms with Gasteiger partial charge in [-0.2, -0.15) is 0 Å². The van der Waals surface area contributed by atoms with E-state index in [0.29, 0.717) is 5.52 Å². The lowest BCUT2D eigenvalue weighted by Crippen LogP contribution is -2.11. The van der Waals surface area contributed by atoms with E-state index < -0.39 is 0 Å². The minimum Gasteiger partial charge on any atom is -0.385 e. The van der Waals surface area contributed by atoms with Gasteiger partial charge in [0, 0.05) is 17.8 Å². The number of hydrogen-bond acceptors (Lipinski definition) is 2. The molecule has 0 radical (unpaired) electrons. The average Bonchev–Trinajstić information content (AvgIpc) is 2.92. The van der Waals surface area contributed by atoms with E-state index >= 15 is 0 Å². The van der Waals surface area contributed by atoms with Crippen LogP contribution in [-0.2, 0) is 6.42 Å². The maximum Gasteiger partial charge on any atom is 0.151 e. The molecule has 1 aliphatic rings. The van der Waals surface area contributed by atoms with E-state index in [2.05, 4.69) is 27.4 Å². The van der Waals surface area contributed by atoms with Crippen molar-refractivity contribution >= 4 is 16.7 Å². The summed E-state index contributed by atoms with van der Waals surface area (Å²) >= 11 is 0. The fourth-order valence-corrected chi connectivity index (χ4v) is 2.76. The summed E-state index contributed by atoms with van der Waals surface area (Å²) in [6.45, 7) is 1.03. The summed E-state index contributed by atoms with van der Waals surface area (Å²) in [6, 6.07) is 11.2. The molecule has 3 nitrogen and oxygen atoms in total. The fourth-order valence-electron chi connectivity index (χ4n) is 2.76. The summed E-state index contributed by atoms with van der Waals surface area (Å²) in [6.07, 6.45) is 2.22. The van der Waals surface area contributed by atoms with Crippen LogP contribution in [0.1, 0.15) is 12.0 Å². The first-order valence-electron chi connectivity index (χ1n) is 6.83. The largest absolute Gasteiger partial charge is 0.385 e. The van der Waals surface area contributed by atoms with Crippen molar-refractivity contribution in [3.05, 3.63) is 47.8 Å². The number of imidazole rings is 1. The third kappa shape index (κ3) is 1.76. The Bertz CT molecular complexity index is 792. The molecular formula is C16H14FN3. The molecule has 2 aromatic carbocycles.